The number of hydrogen-bond donors (Lipinski definition) is 1. The van der Waals surface area contributed by atoms with E-state index in [4.69, 9.17) is 4.74 Å². The van der Waals surface area contributed by atoms with Crippen LogP contribution in [0.25, 0.3) is 0 Å². The molecule has 1 saturated heterocycles. The van der Waals surface area contributed by atoms with Gasteiger partial charge in [-0.15, -0.1) is 0 Å². The lowest BCUT2D eigenvalue weighted by Crippen LogP contribution is -2.34. The molecule has 1 N–H and O–H groups in total. The molecule has 1 aliphatic rings. The molecule has 0 radical (unpaired) electrons. The Morgan fingerprint density at radius 2 is 2.00 bits per heavy atom. The Labute approximate surface area is 126 Å². The quantitative estimate of drug-likeness (QED) is 0.847. The van der Waals surface area contributed by atoms with Crippen molar-refractivity contribution in [1.29, 1.82) is 0 Å². The minimum atomic E-state index is -0.136. The van der Waals surface area contributed by atoms with E-state index in [1.54, 1.807) is 7.05 Å². The number of carbonyl (C=O) groups is 1. The lowest BCUT2D eigenvalue weighted by molar-refractivity contribution is -0.123. The van der Waals surface area contributed by atoms with Crippen molar-refractivity contribution in [2.45, 2.75) is 32.2 Å². The van der Waals surface area contributed by atoms with Gasteiger partial charge >= 0.3 is 0 Å². The molecule has 1 aliphatic heterocycles. The van der Waals surface area contributed by atoms with Gasteiger partial charge in [0.15, 0.2) is 0 Å². The van der Waals surface area contributed by atoms with Crippen molar-refractivity contribution in [2.24, 2.45) is 10.9 Å². The summed E-state index contributed by atoms with van der Waals surface area (Å²) in [5.74, 6) is 0.535. The fraction of sp³-hybridized carbons (Fsp3) is 0.529. The van der Waals surface area contributed by atoms with E-state index in [0.29, 0.717) is 12.3 Å². The van der Waals surface area contributed by atoms with E-state index in [0.717, 1.165) is 37.3 Å². The second kappa shape index (κ2) is 7.93. The number of ether oxygens (including phenoxy) is 1. The molecule has 2 rings (SSSR count). The molecular weight excluding hydrogens is 264 g/mol. The van der Waals surface area contributed by atoms with Crippen molar-refractivity contribution in [3.05, 3.63) is 35.9 Å². The molecule has 4 heteroatoms. The summed E-state index contributed by atoms with van der Waals surface area (Å²) in [5.41, 5.74) is 1.99. The molecule has 0 saturated carbocycles. The van der Waals surface area contributed by atoms with Gasteiger partial charge in [0.1, 0.15) is 0 Å². The first-order valence-electron chi connectivity index (χ1n) is 7.56. The van der Waals surface area contributed by atoms with Gasteiger partial charge in [0.05, 0.1) is 6.04 Å². The number of benzene rings is 1. The maximum absolute atomic E-state index is 12.3. The second-order valence-corrected chi connectivity index (χ2v) is 5.54. The monoisotopic (exact) mass is 288 g/mol. The average Bonchev–Trinajstić information content (AvgIpc) is 2.53. The number of carbonyl (C=O) groups excluding carboxylic acids is 1. The second-order valence-electron chi connectivity index (χ2n) is 5.54. The largest absolute Gasteiger partial charge is 0.381 e. The number of amides is 1. The number of aliphatic imine (C=N–C) groups is 1. The Morgan fingerprint density at radius 1 is 1.33 bits per heavy atom. The number of hydrogen-bond acceptors (Lipinski definition) is 3. The number of nitrogens with zero attached hydrogens (tertiary/aromatic N) is 1. The zero-order valence-corrected chi connectivity index (χ0v) is 12.8. The zero-order valence-electron chi connectivity index (χ0n) is 12.8. The maximum atomic E-state index is 12.3. The lowest BCUT2D eigenvalue weighted by Gasteiger charge is -2.24. The van der Waals surface area contributed by atoms with Crippen LogP contribution in [0.4, 0.5) is 0 Å². The Hall–Kier alpha value is -1.68. The van der Waals surface area contributed by atoms with E-state index < -0.39 is 0 Å². The van der Waals surface area contributed by atoms with Crippen LogP contribution in [0, 0.1) is 5.92 Å². The van der Waals surface area contributed by atoms with Gasteiger partial charge in [0, 0.05) is 32.4 Å². The van der Waals surface area contributed by atoms with Crippen LogP contribution in [0.5, 0.6) is 0 Å². The van der Waals surface area contributed by atoms with Crippen LogP contribution in [0.3, 0.4) is 0 Å². The van der Waals surface area contributed by atoms with Gasteiger partial charge in [-0.3, -0.25) is 9.79 Å². The minimum Gasteiger partial charge on any atom is -0.381 e. The number of nitrogens with one attached hydrogen (secondary N) is 1. The molecule has 1 amide bonds. The third-order valence-corrected chi connectivity index (χ3v) is 4.02. The lowest BCUT2D eigenvalue weighted by atomic mass is 9.95. The van der Waals surface area contributed by atoms with Crippen molar-refractivity contribution >= 4 is 11.6 Å². The molecule has 1 unspecified atom stereocenters. The van der Waals surface area contributed by atoms with Gasteiger partial charge < -0.3 is 10.1 Å². The van der Waals surface area contributed by atoms with Crippen LogP contribution in [0.2, 0.25) is 0 Å². The van der Waals surface area contributed by atoms with Crippen LogP contribution < -0.4 is 5.32 Å². The Kier molecular flexibility index (Phi) is 5.93. The van der Waals surface area contributed by atoms with E-state index in [1.807, 2.05) is 37.3 Å². The first-order chi connectivity index (χ1) is 10.2. The molecule has 114 valence electrons. The molecule has 1 fully saturated rings. The van der Waals surface area contributed by atoms with E-state index in [9.17, 15) is 4.79 Å². The fourth-order valence-electron chi connectivity index (χ4n) is 2.64. The zero-order chi connectivity index (χ0) is 15.1. The van der Waals surface area contributed by atoms with Crippen molar-refractivity contribution in [2.75, 3.05) is 20.3 Å². The van der Waals surface area contributed by atoms with Gasteiger partial charge in [-0.25, -0.2) is 0 Å². The molecule has 0 bridgehead atoms. The molecular formula is C17H24N2O2. The van der Waals surface area contributed by atoms with Crippen molar-refractivity contribution < 1.29 is 9.53 Å². The Morgan fingerprint density at radius 3 is 2.62 bits per heavy atom. The molecule has 1 heterocycles. The van der Waals surface area contributed by atoms with Crippen molar-refractivity contribution in [3.8, 4) is 0 Å². The van der Waals surface area contributed by atoms with Gasteiger partial charge in [-0.1, -0.05) is 30.3 Å². The summed E-state index contributed by atoms with van der Waals surface area (Å²) in [7, 11) is 1.76. The summed E-state index contributed by atoms with van der Waals surface area (Å²) in [6.45, 7) is 3.50. The topological polar surface area (TPSA) is 50.7 Å². The number of rotatable bonds is 5. The first-order valence-corrected chi connectivity index (χ1v) is 7.56. The fourth-order valence-corrected chi connectivity index (χ4v) is 2.64. The third-order valence-electron chi connectivity index (χ3n) is 4.02. The van der Waals surface area contributed by atoms with Gasteiger partial charge in [0.25, 0.3) is 0 Å². The van der Waals surface area contributed by atoms with Crippen LogP contribution in [0.1, 0.15) is 37.8 Å². The molecule has 1 aromatic carbocycles. The minimum absolute atomic E-state index is 0.0961. The summed E-state index contributed by atoms with van der Waals surface area (Å²) >= 11 is 0. The molecule has 0 aliphatic carbocycles. The summed E-state index contributed by atoms with van der Waals surface area (Å²) in [5, 5.41) is 3.12. The normalized spacial score (nSPS) is 18.3. The van der Waals surface area contributed by atoms with Crippen LogP contribution in [0.15, 0.2) is 35.3 Å². The Balaban J connectivity index is 2.00. The van der Waals surface area contributed by atoms with Crippen LogP contribution in [-0.4, -0.2) is 31.9 Å². The molecule has 0 aromatic heterocycles. The molecule has 21 heavy (non-hydrogen) atoms. The smallest absolute Gasteiger partial charge is 0.221 e. The van der Waals surface area contributed by atoms with Gasteiger partial charge in [-0.05, 0) is 31.2 Å². The molecule has 1 aromatic rings. The summed E-state index contributed by atoms with van der Waals surface area (Å²) in [6.07, 6.45) is 2.53. The third kappa shape index (κ3) is 4.67. The standard InChI is InChI=1S/C17H24N2O2/c1-13(18-2)17(15-6-4-3-5-7-15)19-16(20)12-14-8-10-21-11-9-14/h3-7,14,17H,8-12H2,1-2H3,(H,19,20). The first kappa shape index (κ1) is 15.7. The van der Waals surface area contributed by atoms with Crippen LogP contribution in [-0.2, 0) is 9.53 Å². The van der Waals surface area contributed by atoms with Crippen LogP contribution >= 0.6 is 0 Å². The maximum Gasteiger partial charge on any atom is 0.221 e. The summed E-state index contributed by atoms with van der Waals surface area (Å²) < 4.78 is 5.34. The van der Waals surface area contributed by atoms with E-state index in [1.165, 1.54) is 0 Å². The van der Waals surface area contributed by atoms with E-state index >= 15 is 0 Å². The summed E-state index contributed by atoms with van der Waals surface area (Å²) in [6, 6.07) is 9.85. The summed E-state index contributed by atoms with van der Waals surface area (Å²) in [4.78, 5) is 16.6. The Bertz CT molecular complexity index is 479. The highest BCUT2D eigenvalue weighted by atomic mass is 16.5. The predicted octanol–water partition coefficient (Wildman–Crippen LogP) is 2.75. The average molecular weight is 288 g/mol. The van der Waals surface area contributed by atoms with E-state index in [-0.39, 0.29) is 11.9 Å². The van der Waals surface area contributed by atoms with E-state index in [2.05, 4.69) is 10.3 Å². The van der Waals surface area contributed by atoms with Crippen molar-refractivity contribution in [1.82, 2.24) is 5.32 Å². The SMILES string of the molecule is CN=C(C)C(NC(=O)CC1CCOCC1)c1ccccc1. The molecule has 4 nitrogen and oxygen atoms in total. The predicted molar refractivity (Wildman–Crippen MR) is 84.5 cm³/mol. The molecule has 0 spiro atoms. The van der Waals surface area contributed by atoms with Gasteiger partial charge in [-0.2, -0.15) is 0 Å². The van der Waals surface area contributed by atoms with Gasteiger partial charge in [0.2, 0.25) is 5.91 Å². The highest BCUT2D eigenvalue weighted by Gasteiger charge is 2.21. The highest BCUT2D eigenvalue weighted by molar-refractivity contribution is 5.92. The van der Waals surface area contributed by atoms with Crippen molar-refractivity contribution in [3.63, 3.8) is 0 Å². The highest BCUT2D eigenvalue weighted by Crippen LogP contribution is 2.20. The molecule has 1 atom stereocenters.